The molecule has 26 heavy (non-hydrogen) atoms. The van der Waals surface area contributed by atoms with Crippen molar-refractivity contribution < 1.29 is 9.18 Å². The summed E-state index contributed by atoms with van der Waals surface area (Å²) in [5.74, 6) is -0.0714. The predicted octanol–water partition coefficient (Wildman–Crippen LogP) is 2.91. The molecule has 0 spiro atoms. The van der Waals surface area contributed by atoms with Gasteiger partial charge in [0.1, 0.15) is 5.82 Å². The van der Waals surface area contributed by atoms with Gasteiger partial charge in [-0.1, -0.05) is 42.0 Å². The number of hydrogen-bond acceptors (Lipinski definition) is 3. The summed E-state index contributed by atoms with van der Waals surface area (Å²) < 4.78 is 13.9. The minimum atomic E-state index is -0.204. The Hall–Kier alpha value is -2.40. The van der Waals surface area contributed by atoms with Crippen molar-refractivity contribution in [3.05, 3.63) is 65.5 Å². The summed E-state index contributed by atoms with van der Waals surface area (Å²) in [6, 6.07) is 15.2. The first-order valence-corrected chi connectivity index (χ1v) is 9.04. The monoisotopic (exact) mass is 355 g/mol. The lowest BCUT2D eigenvalue weighted by atomic mass is 10.1. The highest BCUT2D eigenvalue weighted by atomic mass is 19.1. The second kappa shape index (κ2) is 8.32. The maximum Gasteiger partial charge on any atom is 0.236 e. The van der Waals surface area contributed by atoms with Gasteiger partial charge in [-0.3, -0.25) is 9.69 Å². The van der Waals surface area contributed by atoms with Gasteiger partial charge < -0.3 is 9.80 Å². The fourth-order valence-electron chi connectivity index (χ4n) is 3.30. The average molecular weight is 355 g/mol. The summed E-state index contributed by atoms with van der Waals surface area (Å²) in [4.78, 5) is 18.5. The Balaban J connectivity index is 1.49. The van der Waals surface area contributed by atoms with E-state index < -0.39 is 0 Å². The number of anilines is 1. The van der Waals surface area contributed by atoms with Crippen molar-refractivity contribution in [1.29, 1.82) is 0 Å². The van der Waals surface area contributed by atoms with Crippen molar-refractivity contribution in [3.8, 4) is 0 Å². The third-order valence-corrected chi connectivity index (χ3v) is 4.80. The Morgan fingerprint density at radius 2 is 1.69 bits per heavy atom. The van der Waals surface area contributed by atoms with Crippen molar-refractivity contribution in [2.45, 2.75) is 13.5 Å². The van der Waals surface area contributed by atoms with Crippen LogP contribution >= 0.6 is 0 Å². The number of rotatable bonds is 5. The molecule has 0 saturated carbocycles. The van der Waals surface area contributed by atoms with Gasteiger partial charge in [0, 0.05) is 32.7 Å². The minimum absolute atomic E-state index is 0.132. The summed E-state index contributed by atoms with van der Waals surface area (Å²) in [6.45, 7) is 5.80. The summed E-state index contributed by atoms with van der Waals surface area (Å²) in [6.07, 6.45) is 0. The van der Waals surface area contributed by atoms with E-state index in [4.69, 9.17) is 0 Å². The molecule has 2 aromatic rings. The molecule has 1 saturated heterocycles. The van der Waals surface area contributed by atoms with Gasteiger partial charge in [-0.2, -0.15) is 0 Å². The first-order chi connectivity index (χ1) is 12.5. The molecule has 1 amide bonds. The van der Waals surface area contributed by atoms with Crippen molar-refractivity contribution >= 4 is 11.6 Å². The summed E-state index contributed by atoms with van der Waals surface area (Å²) in [5, 5.41) is 0. The molecule has 1 aliphatic heterocycles. The lowest BCUT2D eigenvalue weighted by Crippen LogP contribution is -2.51. The topological polar surface area (TPSA) is 26.8 Å². The van der Waals surface area contributed by atoms with Crippen LogP contribution in [-0.2, 0) is 11.3 Å². The third-order valence-electron chi connectivity index (χ3n) is 4.80. The van der Waals surface area contributed by atoms with E-state index in [1.165, 1.54) is 17.2 Å². The Morgan fingerprint density at radius 3 is 2.35 bits per heavy atom. The van der Waals surface area contributed by atoms with Crippen LogP contribution in [0.15, 0.2) is 48.5 Å². The molecule has 1 heterocycles. The second-order valence-corrected chi connectivity index (χ2v) is 6.98. The van der Waals surface area contributed by atoms with E-state index in [9.17, 15) is 9.18 Å². The minimum Gasteiger partial charge on any atom is -0.366 e. The van der Waals surface area contributed by atoms with Crippen LogP contribution in [0.3, 0.4) is 0 Å². The summed E-state index contributed by atoms with van der Waals surface area (Å²) >= 11 is 0. The zero-order valence-electron chi connectivity index (χ0n) is 15.5. The first kappa shape index (κ1) is 18.4. The normalized spacial score (nSPS) is 14.8. The van der Waals surface area contributed by atoms with E-state index in [2.05, 4.69) is 31.2 Å². The lowest BCUT2D eigenvalue weighted by Gasteiger charge is -2.36. The third kappa shape index (κ3) is 4.61. The van der Waals surface area contributed by atoms with Gasteiger partial charge in [0.05, 0.1) is 12.2 Å². The molecule has 1 fully saturated rings. The number of piperazine rings is 1. The van der Waals surface area contributed by atoms with Crippen molar-refractivity contribution in [1.82, 2.24) is 9.80 Å². The molecule has 0 aromatic heterocycles. The first-order valence-electron chi connectivity index (χ1n) is 9.04. The maximum absolute atomic E-state index is 13.9. The van der Waals surface area contributed by atoms with Gasteiger partial charge in [-0.05, 0) is 31.7 Å². The number of likely N-dealkylation sites (N-methyl/N-ethyl adjacent to an activating group) is 1. The number of carbonyl (C=O) groups is 1. The van der Waals surface area contributed by atoms with Crippen LogP contribution in [0, 0.1) is 12.7 Å². The summed E-state index contributed by atoms with van der Waals surface area (Å²) in [7, 11) is 1.97. The van der Waals surface area contributed by atoms with Crippen LogP contribution in [0.1, 0.15) is 11.1 Å². The van der Waals surface area contributed by atoms with E-state index in [1.807, 2.05) is 27.8 Å². The molecule has 0 unspecified atom stereocenters. The molecule has 2 aromatic carbocycles. The SMILES string of the molecule is Cc1ccc(CN(C)CC(=O)N2CCN(c3ccccc3F)CC2)cc1. The van der Waals surface area contributed by atoms with Crippen LogP contribution in [0.2, 0.25) is 0 Å². The van der Waals surface area contributed by atoms with Gasteiger partial charge in [-0.25, -0.2) is 4.39 Å². The molecular weight excluding hydrogens is 329 g/mol. The van der Waals surface area contributed by atoms with Crippen molar-refractivity contribution in [3.63, 3.8) is 0 Å². The molecule has 4 nitrogen and oxygen atoms in total. The molecule has 0 atom stereocenters. The van der Waals surface area contributed by atoms with E-state index in [-0.39, 0.29) is 11.7 Å². The number of hydrogen-bond donors (Lipinski definition) is 0. The zero-order chi connectivity index (χ0) is 18.5. The van der Waals surface area contributed by atoms with Gasteiger partial charge in [-0.15, -0.1) is 0 Å². The lowest BCUT2D eigenvalue weighted by molar-refractivity contribution is -0.132. The van der Waals surface area contributed by atoms with Crippen molar-refractivity contribution in [2.24, 2.45) is 0 Å². The Bertz CT molecular complexity index is 739. The molecule has 0 bridgehead atoms. The fourth-order valence-corrected chi connectivity index (χ4v) is 3.30. The highest BCUT2D eigenvalue weighted by Gasteiger charge is 2.23. The van der Waals surface area contributed by atoms with Gasteiger partial charge in [0.15, 0.2) is 0 Å². The number of amides is 1. The van der Waals surface area contributed by atoms with Gasteiger partial charge in [0.2, 0.25) is 5.91 Å². The van der Waals surface area contributed by atoms with Crippen LogP contribution < -0.4 is 4.90 Å². The Kier molecular flexibility index (Phi) is 5.89. The fraction of sp³-hybridized carbons (Fsp3) is 0.381. The standard InChI is InChI=1S/C21H26FN3O/c1-17-7-9-18(10-8-17)15-23(2)16-21(26)25-13-11-24(12-14-25)20-6-4-3-5-19(20)22/h3-10H,11-16H2,1-2H3. The van der Waals surface area contributed by atoms with Crippen molar-refractivity contribution in [2.75, 3.05) is 44.7 Å². The molecule has 3 rings (SSSR count). The highest BCUT2D eigenvalue weighted by Crippen LogP contribution is 2.20. The van der Waals surface area contributed by atoms with Gasteiger partial charge >= 0.3 is 0 Å². The molecule has 138 valence electrons. The molecule has 0 radical (unpaired) electrons. The molecular formula is C21H26FN3O. The number of halogens is 1. The van der Waals surface area contributed by atoms with E-state index in [1.54, 1.807) is 12.1 Å². The Labute approximate surface area is 154 Å². The molecule has 0 N–H and O–H groups in total. The summed E-state index contributed by atoms with van der Waals surface area (Å²) in [5.41, 5.74) is 3.06. The van der Waals surface area contributed by atoms with Crippen LogP contribution in [-0.4, -0.2) is 55.5 Å². The number of aryl methyl sites for hydroxylation is 1. The van der Waals surface area contributed by atoms with E-state index in [0.29, 0.717) is 38.4 Å². The number of carbonyl (C=O) groups excluding carboxylic acids is 1. The smallest absolute Gasteiger partial charge is 0.236 e. The number of benzene rings is 2. The van der Waals surface area contributed by atoms with Gasteiger partial charge in [0.25, 0.3) is 0 Å². The predicted molar refractivity (Wildman–Crippen MR) is 103 cm³/mol. The molecule has 5 heteroatoms. The Morgan fingerprint density at radius 1 is 1.04 bits per heavy atom. The average Bonchev–Trinajstić information content (AvgIpc) is 2.64. The largest absolute Gasteiger partial charge is 0.366 e. The van der Waals surface area contributed by atoms with Crippen LogP contribution in [0.4, 0.5) is 10.1 Å². The second-order valence-electron chi connectivity index (χ2n) is 6.98. The highest BCUT2D eigenvalue weighted by molar-refractivity contribution is 5.78. The molecule has 1 aliphatic rings. The maximum atomic E-state index is 13.9. The number of nitrogens with zero attached hydrogens (tertiary/aromatic N) is 3. The van der Waals surface area contributed by atoms with Crippen LogP contribution in [0.25, 0.3) is 0 Å². The van der Waals surface area contributed by atoms with Crippen LogP contribution in [0.5, 0.6) is 0 Å². The molecule has 0 aliphatic carbocycles. The van der Waals surface area contributed by atoms with E-state index in [0.717, 1.165) is 6.54 Å². The number of para-hydroxylation sites is 1. The quantitative estimate of drug-likeness (QED) is 0.825. The van der Waals surface area contributed by atoms with E-state index >= 15 is 0 Å². The zero-order valence-corrected chi connectivity index (χ0v) is 15.5.